The van der Waals surface area contributed by atoms with Crippen LogP contribution in [0.4, 0.5) is 0 Å². The van der Waals surface area contributed by atoms with Gasteiger partial charge in [0.15, 0.2) is 0 Å². The van der Waals surface area contributed by atoms with Crippen molar-refractivity contribution in [3.8, 4) is 17.2 Å². The van der Waals surface area contributed by atoms with Crippen LogP contribution < -0.4 is 19.5 Å². The van der Waals surface area contributed by atoms with Gasteiger partial charge < -0.3 is 24.3 Å². The number of rotatable bonds is 7. The van der Waals surface area contributed by atoms with Gasteiger partial charge in [-0.2, -0.15) is 0 Å². The van der Waals surface area contributed by atoms with Crippen molar-refractivity contribution in [1.82, 2.24) is 5.32 Å². The van der Waals surface area contributed by atoms with Gasteiger partial charge in [0.2, 0.25) is 0 Å². The Morgan fingerprint density at radius 2 is 1.86 bits per heavy atom. The van der Waals surface area contributed by atoms with Crippen molar-refractivity contribution in [1.29, 1.82) is 0 Å². The Balaban J connectivity index is 2.10. The van der Waals surface area contributed by atoms with Gasteiger partial charge in [0.25, 0.3) is 0 Å². The second-order valence-corrected chi connectivity index (χ2v) is 5.30. The zero-order valence-electron chi connectivity index (χ0n) is 13.3. The Morgan fingerprint density at radius 3 is 2.33 bits per heavy atom. The average molecular weight is 295 g/mol. The van der Waals surface area contributed by atoms with Crippen LogP contribution in [0.2, 0.25) is 0 Å². The molecule has 118 valence electrons. The largest absolute Gasteiger partial charge is 0.496 e. The summed E-state index contributed by atoms with van der Waals surface area (Å²) in [7, 11) is 4.95. The lowest BCUT2D eigenvalue weighted by Gasteiger charge is -2.21. The highest BCUT2D eigenvalue weighted by molar-refractivity contribution is 5.50. The normalized spacial score (nSPS) is 19.3. The van der Waals surface area contributed by atoms with E-state index in [4.69, 9.17) is 18.9 Å². The van der Waals surface area contributed by atoms with Gasteiger partial charge in [0.1, 0.15) is 17.2 Å². The Kier molecular flexibility index (Phi) is 5.70. The van der Waals surface area contributed by atoms with E-state index in [-0.39, 0.29) is 0 Å². The number of hydrogen-bond acceptors (Lipinski definition) is 5. The highest BCUT2D eigenvalue weighted by Crippen LogP contribution is 2.34. The molecule has 1 fully saturated rings. The van der Waals surface area contributed by atoms with E-state index >= 15 is 0 Å². The molecule has 0 bridgehead atoms. The van der Waals surface area contributed by atoms with E-state index in [0.29, 0.717) is 18.5 Å². The Bertz CT molecular complexity index is 433. The molecule has 1 aromatic carbocycles. The molecule has 0 spiro atoms. The number of nitrogens with one attached hydrogen (secondary N) is 1. The maximum Gasteiger partial charge on any atom is 0.130 e. The van der Waals surface area contributed by atoms with Crippen LogP contribution in [0.25, 0.3) is 0 Å². The van der Waals surface area contributed by atoms with Crippen LogP contribution in [0.15, 0.2) is 12.1 Å². The van der Waals surface area contributed by atoms with Gasteiger partial charge in [-0.05, 0) is 19.3 Å². The Labute approximate surface area is 126 Å². The molecule has 2 unspecified atom stereocenters. The molecule has 1 aliphatic heterocycles. The first-order valence-electron chi connectivity index (χ1n) is 7.29. The van der Waals surface area contributed by atoms with Crippen molar-refractivity contribution in [2.45, 2.75) is 25.9 Å². The smallest absolute Gasteiger partial charge is 0.130 e. The fourth-order valence-electron chi connectivity index (χ4n) is 2.63. The fourth-order valence-corrected chi connectivity index (χ4v) is 2.63. The molecule has 2 rings (SSSR count). The van der Waals surface area contributed by atoms with Crippen LogP contribution in [0.1, 0.15) is 18.9 Å². The van der Waals surface area contributed by atoms with Crippen molar-refractivity contribution in [3.05, 3.63) is 17.7 Å². The zero-order chi connectivity index (χ0) is 15.2. The zero-order valence-corrected chi connectivity index (χ0v) is 13.3. The molecule has 5 nitrogen and oxygen atoms in total. The molecule has 0 aromatic heterocycles. The third-order valence-electron chi connectivity index (χ3n) is 4.09. The van der Waals surface area contributed by atoms with E-state index in [0.717, 1.165) is 42.4 Å². The summed E-state index contributed by atoms with van der Waals surface area (Å²) in [6.45, 7) is 4.59. The fraction of sp³-hybridized carbons (Fsp3) is 0.625. The SMILES string of the molecule is COc1cc(OC)c(CNC(C)C2CCOC2)c(OC)c1. The third-order valence-corrected chi connectivity index (χ3v) is 4.09. The molecule has 1 aliphatic rings. The van der Waals surface area contributed by atoms with Crippen LogP contribution in [-0.4, -0.2) is 40.6 Å². The summed E-state index contributed by atoms with van der Waals surface area (Å²) in [6.07, 6.45) is 1.12. The van der Waals surface area contributed by atoms with Crippen molar-refractivity contribution >= 4 is 0 Å². The van der Waals surface area contributed by atoms with E-state index in [1.807, 2.05) is 12.1 Å². The standard InChI is InChI=1S/C16H25NO4/c1-11(12-5-6-21-10-12)17-9-14-15(19-3)7-13(18-2)8-16(14)20-4/h7-8,11-12,17H,5-6,9-10H2,1-4H3. The molecular weight excluding hydrogens is 270 g/mol. The quantitative estimate of drug-likeness (QED) is 0.836. The highest BCUT2D eigenvalue weighted by atomic mass is 16.5. The molecule has 1 N–H and O–H groups in total. The first-order valence-corrected chi connectivity index (χ1v) is 7.29. The summed E-state index contributed by atoms with van der Waals surface area (Å²) in [5, 5.41) is 3.55. The van der Waals surface area contributed by atoms with Gasteiger partial charge in [-0.15, -0.1) is 0 Å². The predicted molar refractivity (Wildman–Crippen MR) is 81.3 cm³/mol. The summed E-state index contributed by atoms with van der Waals surface area (Å²) in [6, 6.07) is 4.15. The first-order chi connectivity index (χ1) is 10.2. The van der Waals surface area contributed by atoms with Crippen LogP contribution in [-0.2, 0) is 11.3 Å². The highest BCUT2D eigenvalue weighted by Gasteiger charge is 2.23. The lowest BCUT2D eigenvalue weighted by molar-refractivity contribution is 0.178. The number of methoxy groups -OCH3 is 3. The molecule has 0 saturated carbocycles. The van der Waals surface area contributed by atoms with Crippen molar-refractivity contribution in [3.63, 3.8) is 0 Å². The molecule has 21 heavy (non-hydrogen) atoms. The minimum Gasteiger partial charge on any atom is -0.496 e. The number of hydrogen-bond donors (Lipinski definition) is 1. The lowest BCUT2D eigenvalue weighted by atomic mass is 10.0. The van der Waals surface area contributed by atoms with E-state index in [9.17, 15) is 0 Å². The van der Waals surface area contributed by atoms with E-state index in [2.05, 4.69) is 12.2 Å². The van der Waals surface area contributed by atoms with Crippen molar-refractivity contribution in [2.75, 3.05) is 34.5 Å². The second-order valence-electron chi connectivity index (χ2n) is 5.30. The molecule has 2 atom stereocenters. The lowest BCUT2D eigenvalue weighted by Crippen LogP contribution is -2.33. The van der Waals surface area contributed by atoms with Gasteiger partial charge in [-0.25, -0.2) is 0 Å². The summed E-state index contributed by atoms with van der Waals surface area (Å²) in [5.41, 5.74) is 1.01. The van der Waals surface area contributed by atoms with Gasteiger partial charge in [0.05, 0.1) is 33.5 Å². The Hall–Kier alpha value is -1.46. The topological polar surface area (TPSA) is 49.0 Å². The second kappa shape index (κ2) is 7.52. The van der Waals surface area contributed by atoms with Gasteiger partial charge in [0, 0.05) is 31.3 Å². The third kappa shape index (κ3) is 3.80. The summed E-state index contributed by atoms with van der Waals surface area (Å²) < 4.78 is 21.6. The first kappa shape index (κ1) is 15.9. The molecule has 0 amide bonds. The molecule has 5 heteroatoms. The molecule has 1 aromatic rings. The summed E-state index contributed by atoms with van der Waals surface area (Å²) >= 11 is 0. The van der Waals surface area contributed by atoms with Gasteiger partial charge >= 0.3 is 0 Å². The molecule has 1 heterocycles. The van der Waals surface area contributed by atoms with Crippen LogP contribution >= 0.6 is 0 Å². The van der Waals surface area contributed by atoms with E-state index in [1.54, 1.807) is 21.3 Å². The van der Waals surface area contributed by atoms with E-state index in [1.165, 1.54) is 0 Å². The van der Waals surface area contributed by atoms with Crippen molar-refractivity contribution < 1.29 is 18.9 Å². The average Bonchev–Trinajstić information content (AvgIpc) is 3.06. The van der Waals surface area contributed by atoms with Crippen molar-refractivity contribution in [2.24, 2.45) is 5.92 Å². The van der Waals surface area contributed by atoms with E-state index < -0.39 is 0 Å². The molecule has 0 radical (unpaired) electrons. The van der Waals surface area contributed by atoms with Crippen LogP contribution in [0.5, 0.6) is 17.2 Å². The summed E-state index contributed by atoms with van der Waals surface area (Å²) in [5.74, 6) is 2.84. The van der Waals surface area contributed by atoms with Gasteiger partial charge in [-0.3, -0.25) is 0 Å². The minimum atomic E-state index is 0.393. The molecule has 1 saturated heterocycles. The minimum absolute atomic E-state index is 0.393. The molecular formula is C16H25NO4. The number of benzene rings is 1. The predicted octanol–water partition coefficient (Wildman–Crippen LogP) is 2.23. The van der Waals surface area contributed by atoms with Gasteiger partial charge in [-0.1, -0.05) is 0 Å². The maximum atomic E-state index is 5.46. The molecule has 0 aliphatic carbocycles. The number of ether oxygens (including phenoxy) is 4. The summed E-state index contributed by atoms with van der Waals surface area (Å²) in [4.78, 5) is 0. The maximum absolute atomic E-state index is 5.46. The monoisotopic (exact) mass is 295 g/mol. The Morgan fingerprint density at radius 1 is 1.19 bits per heavy atom. The van der Waals surface area contributed by atoms with Crippen LogP contribution in [0.3, 0.4) is 0 Å². The van der Waals surface area contributed by atoms with Crippen LogP contribution in [0, 0.1) is 5.92 Å².